The first-order valence-corrected chi connectivity index (χ1v) is 12.0. The van der Waals surface area contributed by atoms with Crippen LogP contribution in [0.3, 0.4) is 0 Å². The van der Waals surface area contributed by atoms with Crippen molar-refractivity contribution in [2.24, 2.45) is 0 Å². The van der Waals surface area contributed by atoms with Crippen molar-refractivity contribution in [3.05, 3.63) is 90.0 Å². The van der Waals surface area contributed by atoms with Crippen molar-refractivity contribution >= 4 is 5.91 Å². The zero-order valence-corrected chi connectivity index (χ0v) is 19.2. The predicted octanol–water partition coefficient (Wildman–Crippen LogP) is 3.88. The molecule has 0 spiro atoms. The predicted molar refractivity (Wildman–Crippen MR) is 130 cm³/mol. The molecule has 0 radical (unpaired) electrons. The van der Waals surface area contributed by atoms with Crippen LogP contribution in [0.1, 0.15) is 30.0 Å². The minimum absolute atomic E-state index is 0.0625. The summed E-state index contributed by atoms with van der Waals surface area (Å²) in [5.74, 6) is 0.0288. The second-order valence-corrected chi connectivity index (χ2v) is 9.25. The summed E-state index contributed by atoms with van der Waals surface area (Å²) >= 11 is 0. The Bertz CT molecular complexity index is 1100. The molecule has 3 atom stereocenters. The van der Waals surface area contributed by atoms with Gasteiger partial charge in [0, 0.05) is 43.0 Å². The average Bonchev–Trinajstić information content (AvgIpc) is 2.84. The normalized spacial score (nSPS) is 22.9. The number of nitrogens with zero attached hydrogens (tertiary/aromatic N) is 3. The molecule has 1 N–H and O–H groups in total. The molecule has 34 heavy (non-hydrogen) atoms. The highest BCUT2D eigenvalue weighted by molar-refractivity contribution is 5.78. The first kappa shape index (κ1) is 22.7. The molecule has 3 aromatic rings. The van der Waals surface area contributed by atoms with E-state index in [-0.39, 0.29) is 36.3 Å². The highest BCUT2D eigenvalue weighted by Gasteiger charge is 2.49. The van der Waals surface area contributed by atoms with E-state index in [1.54, 1.807) is 18.3 Å². The summed E-state index contributed by atoms with van der Waals surface area (Å²) in [5.41, 5.74) is 3.97. The maximum Gasteiger partial charge on any atom is 0.228 e. The van der Waals surface area contributed by atoms with Crippen molar-refractivity contribution in [1.29, 1.82) is 0 Å². The number of hydrogen-bond acceptors (Lipinski definition) is 4. The first-order chi connectivity index (χ1) is 16.6. The van der Waals surface area contributed by atoms with Gasteiger partial charge in [0.2, 0.25) is 5.91 Å². The third kappa shape index (κ3) is 4.61. The number of aromatic nitrogens is 1. The second-order valence-electron chi connectivity index (χ2n) is 9.25. The number of hydrogen-bond donors (Lipinski definition) is 1. The maximum absolute atomic E-state index is 13.3. The Balaban J connectivity index is 1.34. The molecule has 2 fully saturated rings. The fourth-order valence-electron chi connectivity index (χ4n) is 5.48. The zero-order chi connectivity index (χ0) is 23.5. The van der Waals surface area contributed by atoms with Crippen molar-refractivity contribution in [3.8, 4) is 11.1 Å². The van der Waals surface area contributed by atoms with Gasteiger partial charge < -0.3 is 10.0 Å². The molecule has 2 saturated heterocycles. The van der Waals surface area contributed by atoms with E-state index in [1.165, 1.54) is 17.7 Å². The van der Waals surface area contributed by atoms with E-state index in [0.29, 0.717) is 13.0 Å². The van der Waals surface area contributed by atoms with Crippen LogP contribution >= 0.6 is 0 Å². The van der Waals surface area contributed by atoms with Crippen molar-refractivity contribution < 1.29 is 14.3 Å². The molecule has 1 aromatic heterocycles. The van der Waals surface area contributed by atoms with Gasteiger partial charge in [0.1, 0.15) is 5.82 Å². The van der Waals surface area contributed by atoms with E-state index in [1.807, 2.05) is 23.1 Å². The molecular formula is C28H30FN3O2. The fraction of sp³-hybridized carbons (Fsp3) is 0.357. The van der Waals surface area contributed by atoms with Crippen LogP contribution in [0.25, 0.3) is 11.1 Å². The number of fused-ring (bicyclic) bond motifs is 1. The Morgan fingerprint density at radius 2 is 1.68 bits per heavy atom. The van der Waals surface area contributed by atoms with Gasteiger partial charge in [0.05, 0.1) is 13.0 Å². The molecule has 6 heteroatoms. The van der Waals surface area contributed by atoms with E-state index in [0.717, 1.165) is 42.8 Å². The number of carbonyl (C=O) groups excluding carboxylic acids is 1. The number of amides is 1. The minimum atomic E-state index is -0.243. The molecule has 176 valence electrons. The molecule has 5 nitrogen and oxygen atoms in total. The minimum Gasteiger partial charge on any atom is -0.395 e. The molecule has 3 heterocycles. The highest BCUT2D eigenvalue weighted by atomic mass is 19.1. The van der Waals surface area contributed by atoms with Crippen molar-refractivity contribution in [2.75, 3.05) is 26.2 Å². The van der Waals surface area contributed by atoms with Gasteiger partial charge in [-0.3, -0.25) is 14.7 Å². The first-order valence-electron chi connectivity index (χ1n) is 12.0. The van der Waals surface area contributed by atoms with Crippen LogP contribution in [-0.4, -0.2) is 64.1 Å². The molecule has 0 saturated carbocycles. The Labute approximate surface area is 199 Å². The summed E-state index contributed by atoms with van der Waals surface area (Å²) in [6, 6.07) is 20.8. The third-order valence-electron chi connectivity index (χ3n) is 7.25. The van der Waals surface area contributed by atoms with Gasteiger partial charge in [-0.2, -0.15) is 0 Å². The Kier molecular flexibility index (Phi) is 6.70. The number of pyridine rings is 1. The highest BCUT2D eigenvalue weighted by Crippen LogP contribution is 2.42. The van der Waals surface area contributed by atoms with E-state index >= 15 is 0 Å². The topological polar surface area (TPSA) is 56.7 Å². The summed E-state index contributed by atoms with van der Waals surface area (Å²) in [4.78, 5) is 21.8. The summed E-state index contributed by atoms with van der Waals surface area (Å²) in [6.07, 6.45) is 4.01. The molecule has 5 rings (SSSR count). The fourth-order valence-corrected chi connectivity index (χ4v) is 5.48. The van der Waals surface area contributed by atoms with Gasteiger partial charge in [-0.05, 0) is 60.3 Å². The van der Waals surface area contributed by atoms with Gasteiger partial charge in [-0.25, -0.2) is 4.39 Å². The van der Waals surface area contributed by atoms with Gasteiger partial charge in [-0.15, -0.1) is 0 Å². The van der Waals surface area contributed by atoms with Gasteiger partial charge in [0.15, 0.2) is 0 Å². The number of carbonyl (C=O) groups is 1. The van der Waals surface area contributed by atoms with E-state index in [2.05, 4.69) is 34.1 Å². The number of aliphatic hydroxyl groups is 1. The summed E-state index contributed by atoms with van der Waals surface area (Å²) in [5, 5.41) is 10.2. The number of halogens is 1. The van der Waals surface area contributed by atoms with Crippen LogP contribution in [0, 0.1) is 5.82 Å². The molecule has 0 unspecified atom stereocenters. The van der Waals surface area contributed by atoms with Crippen LogP contribution in [0.2, 0.25) is 0 Å². The Morgan fingerprint density at radius 3 is 2.35 bits per heavy atom. The van der Waals surface area contributed by atoms with Crippen LogP contribution < -0.4 is 0 Å². The van der Waals surface area contributed by atoms with Crippen LogP contribution in [-0.2, 0) is 11.2 Å². The van der Waals surface area contributed by atoms with E-state index < -0.39 is 0 Å². The Hall–Kier alpha value is -3.09. The lowest BCUT2D eigenvalue weighted by Gasteiger charge is -2.57. The molecule has 0 aliphatic carbocycles. The largest absolute Gasteiger partial charge is 0.395 e. The monoisotopic (exact) mass is 459 g/mol. The van der Waals surface area contributed by atoms with Crippen molar-refractivity contribution in [3.63, 3.8) is 0 Å². The molecule has 2 aliphatic rings. The van der Waals surface area contributed by atoms with Gasteiger partial charge in [0.25, 0.3) is 0 Å². The van der Waals surface area contributed by atoms with Gasteiger partial charge >= 0.3 is 0 Å². The van der Waals surface area contributed by atoms with Crippen LogP contribution in [0.5, 0.6) is 0 Å². The summed E-state index contributed by atoms with van der Waals surface area (Å²) in [7, 11) is 0. The molecule has 1 amide bonds. The lowest BCUT2D eigenvalue weighted by molar-refractivity contribution is -0.135. The SMILES string of the molecule is O=C(Cc1ccccn1)N1CCCCN2[C@H](CO)[C@H](c3ccc(-c4ccc(F)cc4)cc3)[C@H]2C1. The quantitative estimate of drug-likeness (QED) is 0.629. The smallest absolute Gasteiger partial charge is 0.228 e. The number of aliphatic hydroxyl groups excluding tert-OH is 1. The lowest BCUT2D eigenvalue weighted by Crippen LogP contribution is -2.68. The number of rotatable bonds is 5. The van der Waals surface area contributed by atoms with Crippen molar-refractivity contribution in [2.45, 2.75) is 37.3 Å². The molecule has 2 aliphatic heterocycles. The molecule has 2 aromatic carbocycles. The second kappa shape index (κ2) is 10.0. The lowest BCUT2D eigenvalue weighted by atomic mass is 9.74. The summed E-state index contributed by atoms with van der Waals surface area (Å²) < 4.78 is 13.3. The van der Waals surface area contributed by atoms with Crippen molar-refractivity contribution in [1.82, 2.24) is 14.8 Å². The summed E-state index contributed by atoms with van der Waals surface area (Å²) in [6.45, 7) is 2.47. The van der Waals surface area contributed by atoms with Crippen LogP contribution in [0.4, 0.5) is 4.39 Å². The molecular weight excluding hydrogens is 429 g/mol. The Morgan fingerprint density at radius 1 is 0.971 bits per heavy atom. The standard InChI is InChI=1S/C28H30FN3O2/c29-23-12-10-21(11-13-23)20-6-8-22(9-7-20)28-25-18-31(15-3-4-16-32(25)26(28)19-33)27(34)17-24-5-1-2-14-30-24/h1-2,5-14,25-26,28,33H,3-4,15-19H2/t25-,26-,28-/m1/s1. The molecule has 0 bridgehead atoms. The van der Waals surface area contributed by atoms with E-state index in [9.17, 15) is 14.3 Å². The number of benzene rings is 2. The maximum atomic E-state index is 13.3. The van der Waals surface area contributed by atoms with E-state index in [4.69, 9.17) is 0 Å². The third-order valence-corrected chi connectivity index (χ3v) is 7.25. The van der Waals surface area contributed by atoms with Crippen LogP contribution in [0.15, 0.2) is 72.9 Å². The zero-order valence-electron chi connectivity index (χ0n) is 19.2. The average molecular weight is 460 g/mol. The van der Waals surface area contributed by atoms with Gasteiger partial charge in [-0.1, -0.05) is 42.5 Å².